The summed E-state index contributed by atoms with van der Waals surface area (Å²) in [5, 5.41) is 8.66. The molecule has 2 heterocycles. The summed E-state index contributed by atoms with van der Waals surface area (Å²) in [6, 6.07) is 0.402. The van der Waals surface area contributed by atoms with Gasteiger partial charge in [-0.25, -0.2) is 0 Å². The highest BCUT2D eigenvalue weighted by Gasteiger charge is 2.30. The number of nitrogens with zero attached hydrogens (tertiary/aromatic N) is 2. The molecule has 1 aromatic heterocycles. The van der Waals surface area contributed by atoms with Gasteiger partial charge in [-0.2, -0.15) is 16.7 Å². The Kier molecular flexibility index (Phi) is 6.23. The highest BCUT2D eigenvalue weighted by molar-refractivity contribution is 8.06. The molecule has 0 spiro atoms. The Morgan fingerprint density at radius 3 is 2.75 bits per heavy atom. The van der Waals surface area contributed by atoms with Gasteiger partial charge in [0.05, 0.1) is 11.2 Å². The third-order valence-corrected chi connectivity index (χ3v) is 6.89. The third-order valence-electron chi connectivity index (χ3n) is 3.80. The molecule has 1 aliphatic heterocycles. The molecule has 0 radical (unpaired) electrons. The van der Waals surface area contributed by atoms with Crippen LogP contribution < -0.4 is 5.32 Å². The van der Waals surface area contributed by atoms with E-state index in [0.717, 1.165) is 24.7 Å². The van der Waals surface area contributed by atoms with Crippen LogP contribution in [-0.4, -0.2) is 39.5 Å². The van der Waals surface area contributed by atoms with Crippen molar-refractivity contribution in [3.8, 4) is 0 Å². The van der Waals surface area contributed by atoms with Crippen molar-refractivity contribution >= 4 is 23.5 Å². The SMILES string of the molecule is CCNC(CC)C(C)c1nc(C2SCCSC2C)no1. The Morgan fingerprint density at radius 1 is 1.35 bits per heavy atom. The van der Waals surface area contributed by atoms with Crippen molar-refractivity contribution in [2.75, 3.05) is 18.1 Å². The van der Waals surface area contributed by atoms with Crippen LogP contribution in [0, 0.1) is 0 Å². The molecule has 1 aromatic rings. The summed E-state index contributed by atoms with van der Waals surface area (Å²) in [7, 11) is 0. The summed E-state index contributed by atoms with van der Waals surface area (Å²) in [4.78, 5) is 4.68. The lowest BCUT2D eigenvalue weighted by Crippen LogP contribution is -2.33. The summed E-state index contributed by atoms with van der Waals surface area (Å²) in [6.45, 7) is 9.72. The molecule has 1 N–H and O–H groups in total. The van der Waals surface area contributed by atoms with Crippen LogP contribution in [0.3, 0.4) is 0 Å². The molecular formula is C14H25N3OS2. The predicted octanol–water partition coefficient (Wildman–Crippen LogP) is 3.47. The number of thioether (sulfide) groups is 2. The van der Waals surface area contributed by atoms with Crippen molar-refractivity contribution in [1.82, 2.24) is 15.5 Å². The quantitative estimate of drug-likeness (QED) is 0.867. The van der Waals surface area contributed by atoms with Crippen molar-refractivity contribution in [3.63, 3.8) is 0 Å². The average molecular weight is 316 g/mol. The Hall–Kier alpha value is -0.200. The molecule has 0 aliphatic carbocycles. The van der Waals surface area contributed by atoms with Crippen LogP contribution in [0.5, 0.6) is 0 Å². The summed E-state index contributed by atoms with van der Waals surface area (Å²) >= 11 is 3.96. The minimum atomic E-state index is 0.262. The Morgan fingerprint density at radius 2 is 2.10 bits per heavy atom. The number of hydrogen-bond acceptors (Lipinski definition) is 6. The summed E-state index contributed by atoms with van der Waals surface area (Å²) in [6.07, 6.45) is 1.07. The molecule has 4 atom stereocenters. The van der Waals surface area contributed by atoms with E-state index in [2.05, 4.69) is 43.2 Å². The number of nitrogens with one attached hydrogen (secondary N) is 1. The average Bonchev–Trinajstić information content (AvgIpc) is 2.94. The van der Waals surface area contributed by atoms with Crippen molar-refractivity contribution in [2.24, 2.45) is 0 Å². The minimum absolute atomic E-state index is 0.262. The van der Waals surface area contributed by atoms with Crippen LogP contribution >= 0.6 is 23.5 Å². The lowest BCUT2D eigenvalue weighted by Gasteiger charge is -2.25. The maximum Gasteiger partial charge on any atom is 0.231 e. The van der Waals surface area contributed by atoms with Gasteiger partial charge in [-0.05, 0) is 13.0 Å². The fourth-order valence-electron chi connectivity index (χ4n) is 2.57. The summed E-state index contributed by atoms with van der Waals surface area (Å²) < 4.78 is 5.53. The van der Waals surface area contributed by atoms with Gasteiger partial charge in [-0.3, -0.25) is 0 Å². The smallest absolute Gasteiger partial charge is 0.231 e. The Balaban J connectivity index is 2.07. The molecule has 0 bridgehead atoms. The molecule has 2 rings (SSSR count). The minimum Gasteiger partial charge on any atom is -0.339 e. The van der Waals surface area contributed by atoms with Gasteiger partial charge in [0.1, 0.15) is 0 Å². The fraction of sp³-hybridized carbons (Fsp3) is 0.857. The third kappa shape index (κ3) is 3.71. The first-order valence-electron chi connectivity index (χ1n) is 7.47. The second-order valence-corrected chi connectivity index (χ2v) is 7.95. The monoisotopic (exact) mass is 315 g/mol. The first kappa shape index (κ1) is 16.2. The molecule has 20 heavy (non-hydrogen) atoms. The molecule has 1 aliphatic rings. The van der Waals surface area contributed by atoms with Gasteiger partial charge in [-0.1, -0.05) is 32.9 Å². The zero-order valence-corrected chi connectivity index (χ0v) is 14.4. The topological polar surface area (TPSA) is 51.0 Å². The number of hydrogen-bond donors (Lipinski definition) is 1. The van der Waals surface area contributed by atoms with Crippen LogP contribution in [0.2, 0.25) is 0 Å². The van der Waals surface area contributed by atoms with Gasteiger partial charge in [-0.15, -0.1) is 11.8 Å². The van der Waals surface area contributed by atoms with Crippen LogP contribution in [0.25, 0.3) is 0 Å². The molecular weight excluding hydrogens is 290 g/mol. The first-order chi connectivity index (χ1) is 9.67. The van der Waals surface area contributed by atoms with Crippen molar-refractivity contribution < 1.29 is 4.52 Å². The lowest BCUT2D eigenvalue weighted by molar-refractivity contribution is 0.319. The standard InChI is InChI=1S/C14H25N3OS2/c1-5-11(15-6-2)9(3)14-16-13(17-18-14)12-10(4)19-7-8-20-12/h9-12,15H,5-8H2,1-4H3. The largest absolute Gasteiger partial charge is 0.339 e. The van der Waals surface area contributed by atoms with Crippen LogP contribution in [0.4, 0.5) is 0 Å². The molecule has 4 unspecified atom stereocenters. The molecule has 4 nitrogen and oxygen atoms in total. The zero-order valence-electron chi connectivity index (χ0n) is 12.8. The maximum atomic E-state index is 5.53. The zero-order chi connectivity index (χ0) is 14.5. The van der Waals surface area contributed by atoms with E-state index in [1.165, 1.54) is 11.5 Å². The molecule has 114 valence electrons. The highest BCUT2D eigenvalue weighted by atomic mass is 32.2. The van der Waals surface area contributed by atoms with E-state index in [1.54, 1.807) is 0 Å². The Labute approximate surface area is 130 Å². The number of likely N-dealkylation sites (N-methyl/N-ethyl adjacent to an activating group) is 1. The van der Waals surface area contributed by atoms with Crippen molar-refractivity contribution in [3.05, 3.63) is 11.7 Å². The van der Waals surface area contributed by atoms with E-state index in [1.807, 2.05) is 23.5 Å². The van der Waals surface area contributed by atoms with E-state index in [9.17, 15) is 0 Å². The Bertz CT molecular complexity index is 413. The van der Waals surface area contributed by atoms with Crippen LogP contribution in [0.1, 0.15) is 57.0 Å². The van der Waals surface area contributed by atoms with Gasteiger partial charge < -0.3 is 9.84 Å². The van der Waals surface area contributed by atoms with Crippen molar-refractivity contribution in [1.29, 1.82) is 0 Å². The van der Waals surface area contributed by atoms with Crippen molar-refractivity contribution in [2.45, 2.75) is 56.6 Å². The van der Waals surface area contributed by atoms with Gasteiger partial charge in [0.25, 0.3) is 0 Å². The van der Waals surface area contributed by atoms with E-state index < -0.39 is 0 Å². The first-order valence-corrected chi connectivity index (χ1v) is 9.57. The normalized spacial score (nSPS) is 26.4. The molecule has 0 saturated carbocycles. The predicted molar refractivity (Wildman–Crippen MR) is 87.6 cm³/mol. The molecule has 1 fully saturated rings. The molecule has 0 aromatic carbocycles. The number of aromatic nitrogens is 2. The van der Waals surface area contributed by atoms with E-state index in [0.29, 0.717) is 16.5 Å². The van der Waals surface area contributed by atoms with Crippen LogP contribution in [0.15, 0.2) is 4.52 Å². The van der Waals surface area contributed by atoms with Gasteiger partial charge >= 0.3 is 0 Å². The second-order valence-electron chi connectivity index (χ2n) is 5.22. The molecule has 0 amide bonds. The summed E-state index contributed by atoms with van der Waals surface area (Å²) in [5.74, 6) is 4.31. The van der Waals surface area contributed by atoms with Gasteiger partial charge in [0.2, 0.25) is 5.89 Å². The maximum absolute atomic E-state index is 5.53. The van der Waals surface area contributed by atoms with Gasteiger partial charge in [0, 0.05) is 22.8 Å². The van der Waals surface area contributed by atoms with Crippen LogP contribution in [-0.2, 0) is 0 Å². The molecule has 1 saturated heterocycles. The highest BCUT2D eigenvalue weighted by Crippen LogP contribution is 2.41. The van der Waals surface area contributed by atoms with E-state index in [-0.39, 0.29) is 5.92 Å². The fourth-order valence-corrected chi connectivity index (χ4v) is 5.25. The second kappa shape index (κ2) is 7.71. The summed E-state index contributed by atoms with van der Waals surface area (Å²) in [5.41, 5.74) is 0. The number of rotatable bonds is 6. The van der Waals surface area contributed by atoms with Gasteiger partial charge in [0.15, 0.2) is 5.82 Å². The molecule has 6 heteroatoms. The lowest BCUT2D eigenvalue weighted by atomic mass is 9.99. The van der Waals surface area contributed by atoms with E-state index >= 15 is 0 Å². The van der Waals surface area contributed by atoms with E-state index in [4.69, 9.17) is 4.52 Å².